The van der Waals surface area contributed by atoms with Gasteiger partial charge in [0.1, 0.15) is 0 Å². The topological polar surface area (TPSA) is 70.3 Å². The highest BCUT2D eigenvalue weighted by Gasteiger charge is 2.13. The van der Waals surface area contributed by atoms with Crippen molar-refractivity contribution in [3.63, 3.8) is 0 Å². The van der Waals surface area contributed by atoms with Crippen molar-refractivity contribution in [1.29, 1.82) is 0 Å². The van der Waals surface area contributed by atoms with Crippen molar-refractivity contribution < 1.29 is 19.3 Å². The molecule has 0 unspecified atom stereocenters. The minimum Gasteiger partial charge on any atom is -0.395 e. The summed E-state index contributed by atoms with van der Waals surface area (Å²) >= 11 is 0. The monoisotopic (exact) mass is 361 g/mol. The Labute approximate surface area is 157 Å². The van der Waals surface area contributed by atoms with E-state index in [-0.39, 0.29) is 31.4 Å². The van der Waals surface area contributed by atoms with E-state index in [1.54, 1.807) is 29.1 Å². The summed E-state index contributed by atoms with van der Waals surface area (Å²) in [7, 11) is 0. The number of carbonyl (C=O) groups excluding carboxylic acids is 2. The lowest BCUT2D eigenvalue weighted by atomic mass is 10.0. The van der Waals surface area contributed by atoms with Crippen LogP contribution in [0.15, 0.2) is 79.1 Å². The lowest BCUT2D eigenvalue weighted by Crippen LogP contribution is -2.37. The van der Waals surface area contributed by atoms with Crippen LogP contribution >= 0.6 is 0 Å². The minimum atomic E-state index is -0.251. The number of benzene rings is 2. The van der Waals surface area contributed by atoms with Gasteiger partial charge in [0.15, 0.2) is 12.4 Å². The van der Waals surface area contributed by atoms with Crippen LogP contribution < -0.4 is 9.88 Å². The van der Waals surface area contributed by atoms with E-state index in [0.29, 0.717) is 11.1 Å². The maximum atomic E-state index is 12.5. The summed E-state index contributed by atoms with van der Waals surface area (Å²) in [5.41, 5.74) is 3.31. The highest BCUT2D eigenvalue weighted by molar-refractivity contribution is 5.95. The number of nitrogens with one attached hydrogen (secondary N) is 1. The van der Waals surface area contributed by atoms with E-state index < -0.39 is 0 Å². The van der Waals surface area contributed by atoms with E-state index in [2.05, 4.69) is 5.32 Å². The largest absolute Gasteiger partial charge is 0.395 e. The summed E-state index contributed by atoms with van der Waals surface area (Å²) in [6, 6.07) is 20.9. The van der Waals surface area contributed by atoms with Gasteiger partial charge in [-0.25, -0.2) is 0 Å². The first kappa shape index (κ1) is 18.5. The van der Waals surface area contributed by atoms with Crippen LogP contribution in [0.3, 0.4) is 0 Å². The molecule has 0 aliphatic carbocycles. The second-order valence-corrected chi connectivity index (χ2v) is 6.11. The molecule has 5 nitrogen and oxygen atoms in total. The smallest absolute Gasteiger partial charge is 0.251 e. The number of aliphatic hydroxyl groups is 1. The molecule has 27 heavy (non-hydrogen) atoms. The fraction of sp³-hybridized carbons (Fsp3) is 0.136. The van der Waals surface area contributed by atoms with Gasteiger partial charge in [-0.3, -0.25) is 9.59 Å². The molecule has 136 valence electrons. The Morgan fingerprint density at radius 1 is 0.815 bits per heavy atom. The van der Waals surface area contributed by atoms with Gasteiger partial charge in [-0.05, 0) is 11.1 Å². The van der Waals surface area contributed by atoms with Gasteiger partial charge in [0.05, 0.1) is 12.2 Å². The average molecular weight is 361 g/mol. The first-order valence-electron chi connectivity index (χ1n) is 8.74. The zero-order valence-corrected chi connectivity index (χ0v) is 14.8. The van der Waals surface area contributed by atoms with Crippen LogP contribution in [0.5, 0.6) is 0 Å². The third-order valence-electron chi connectivity index (χ3n) is 4.19. The van der Waals surface area contributed by atoms with Crippen LogP contribution in [-0.2, 0) is 6.54 Å². The predicted octanol–water partition coefficient (Wildman–Crippen LogP) is 2.25. The Balaban J connectivity index is 1.64. The van der Waals surface area contributed by atoms with Gasteiger partial charge in [-0.2, -0.15) is 4.57 Å². The lowest BCUT2D eigenvalue weighted by molar-refractivity contribution is -0.683. The third-order valence-corrected chi connectivity index (χ3v) is 4.19. The summed E-state index contributed by atoms with van der Waals surface area (Å²) in [5, 5.41) is 11.3. The van der Waals surface area contributed by atoms with Gasteiger partial charge in [0.25, 0.3) is 5.91 Å². The summed E-state index contributed by atoms with van der Waals surface area (Å²) in [6.07, 6.45) is 3.40. The highest BCUT2D eigenvalue weighted by atomic mass is 16.3. The van der Waals surface area contributed by atoms with Crippen molar-refractivity contribution in [3.8, 4) is 11.1 Å². The fourth-order valence-corrected chi connectivity index (χ4v) is 2.72. The Bertz CT molecular complexity index is 905. The Morgan fingerprint density at radius 3 is 2.07 bits per heavy atom. The van der Waals surface area contributed by atoms with Gasteiger partial charge in [0.2, 0.25) is 12.3 Å². The summed E-state index contributed by atoms with van der Waals surface area (Å²) in [5.74, 6) is -0.254. The maximum absolute atomic E-state index is 12.5. The molecule has 0 saturated carbocycles. The molecule has 0 spiro atoms. The Hall–Kier alpha value is -3.31. The zero-order chi connectivity index (χ0) is 19.1. The van der Waals surface area contributed by atoms with Crippen molar-refractivity contribution in [2.75, 3.05) is 13.2 Å². The summed E-state index contributed by atoms with van der Waals surface area (Å²) < 4.78 is 1.73. The summed E-state index contributed by atoms with van der Waals surface area (Å²) in [4.78, 5) is 24.3. The molecule has 3 rings (SSSR count). The molecule has 2 aromatic carbocycles. The molecule has 0 radical (unpaired) electrons. The summed E-state index contributed by atoms with van der Waals surface area (Å²) in [6.45, 7) is 0.310. The molecule has 0 atom stereocenters. The van der Waals surface area contributed by atoms with Crippen LogP contribution in [0, 0.1) is 0 Å². The van der Waals surface area contributed by atoms with E-state index in [4.69, 9.17) is 5.11 Å². The number of carbonyl (C=O) groups is 2. The molecule has 0 aliphatic heterocycles. The fourth-order valence-electron chi connectivity index (χ4n) is 2.72. The highest BCUT2D eigenvalue weighted by Crippen LogP contribution is 2.19. The third kappa shape index (κ3) is 4.86. The average Bonchev–Trinajstić information content (AvgIpc) is 2.73. The minimum absolute atomic E-state index is 0.00269. The molecule has 5 heteroatoms. The Kier molecular flexibility index (Phi) is 6.07. The van der Waals surface area contributed by atoms with Gasteiger partial charge in [-0.15, -0.1) is 0 Å². The van der Waals surface area contributed by atoms with Crippen molar-refractivity contribution in [1.82, 2.24) is 5.32 Å². The molecule has 3 aromatic rings. The predicted molar refractivity (Wildman–Crippen MR) is 102 cm³/mol. The molecule has 1 heterocycles. The number of nitrogens with zero attached hydrogens (tertiary/aromatic N) is 1. The van der Waals surface area contributed by atoms with Gasteiger partial charge >= 0.3 is 0 Å². The molecule has 2 N–H and O–H groups in total. The van der Waals surface area contributed by atoms with E-state index in [1.807, 2.05) is 54.6 Å². The van der Waals surface area contributed by atoms with E-state index in [1.165, 1.54) is 0 Å². The Morgan fingerprint density at radius 2 is 1.44 bits per heavy atom. The first-order valence-corrected chi connectivity index (χ1v) is 8.74. The molecule has 0 fully saturated rings. The number of hydrogen-bond donors (Lipinski definition) is 2. The van der Waals surface area contributed by atoms with Gasteiger partial charge in [-0.1, -0.05) is 54.6 Å². The van der Waals surface area contributed by atoms with Crippen molar-refractivity contribution >= 4 is 11.7 Å². The second-order valence-electron chi connectivity index (χ2n) is 6.11. The first-order chi connectivity index (χ1) is 13.2. The van der Waals surface area contributed by atoms with Crippen molar-refractivity contribution in [2.24, 2.45) is 0 Å². The van der Waals surface area contributed by atoms with Gasteiger partial charge in [0, 0.05) is 24.2 Å². The van der Waals surface area contributed by atoms with Crippen LogP contribution in [-0.4, -0.2) is 29.9 Å². The lowest BCUT2D eigenvalue weighted by Gasteiger charge is -2.04. The number of hydrogen-bond acceptors (Lipinski definition) is 3. The normalized spacial score (nSPS) is 10.4. The van der Waals surface area contributed by atoms with Crippen molar-refractivity contribution in [3.05, 3.63) is 90.3 Å². The molecular weight excluding hydrogens is 340 g/mol. The van der Waals surface area contributed by atoms with E-state index >= 15 is 0 Å². The number of Topliss-reactive ketones (excluding diaryl/α,β-unsaturated/α-hetero) is 1. The van der Waals surface area contributed by atoms with E-state index in [0.717, 1.165) is 11.1 Å². The molecule has 0 saturated heterocycles. The number of ketones is 1. The zero-order valence-electron chi connectivity index (χ0n) is 14.8. The van der Waals surface area contributed by atoms with Crippen molar-refractivity contribution in [2.45, 2.75) is 6.54 Å². The number of pyridine rings is 1. The molecular formula is C22H21N2O3+. The van der Waals surface area contributed by atoms with Crippen LogP contribution in [0.4, 0.5) is 0 Å². The van der Waals surface area contributed by atoms with E-state index in [9.17, 15) is 9.59 Å². The molecule has 1 amide bonds. The van der Waals surface area contributed by atoms with Crippen LogP contribution in [0.25, 0.3) is 11.1 Å². The second kappa shape index (κ2) is 8.87. The number of amides is 1. The SMILES string of the molecule is O=C(C[n+]1ccc(C(=O)NCCO)cc1)c1ccc(-c2ccccc2)cc1. The number of rotatable bonds is 7. The molecule has 0 bridgehead atoms. The molecule has 0 aliphatic rings. The van der Waals surface area contributed by atoms with Crippen LogP contribution in [0.1, 0.15) is 20.7 Å². The quantitative estimate of drug-likeness (QED) is 0.501. The van der Waals surface area contributed by atoms with Crippen LogP contribution in [0.2, 0.25) is 0 Å². The number of aliphatic hydroxyl groups excluding tert-OH is 1. The van der Waals surface area contributed by atoms with Gasteiger partial charge < -0.3 is 10.4 Å². The molecule has 1 aromatic heterocycles. The standard InChI is InChI=1S/C22H20N2O3/c25-15-12-23-22(27)20-10-13-24(14-11-20)16-21(26)19-8-6-18(7-9-19)17-4-2-1-3-5-17/h1-11,13-14,25H,12,15-16H2/p+1. The number of aromatic nitrogens is 1. The maximum Gasteiger partial charge on any atom is 0.251 e.